The molecule has 0 bridgehead atoms. The monoisotopic (exact) mass is 276 g/mol. The summed E-state index contributed by atoms with van der Waals surface area (Å²) in [5.41, 5.74) is 2.82. The minimum Gasteiger partial charge on any atom is -0.381 e. The largest absolute Gasteiger partial charge is 0.381 e. The highest BCUT2D eigenvalue weighted by Crippen LogP contribution is 2.29. The van der Waals surface area contributed by atoms with E-state index in [1.54, 1.807) is 0 Å². The van der Waals surface area contributed by atoms with Gasteiger partial charge in [-0.3, -0.25) is 4.90 Å². The lowest BCUT2D eigenvalue weighted by atomic mass is 10.1. The average Bonchev–Trinajstić information content (AvgIpc) is 3.04. The Kier molecular flexibility index (Phi) is 4.34. The van der Waals surface area contributed by atoms with E-state index in [0.29, 0.717) is 6.04 Å². The van der Waals surface area contributed by atoms with Crippen LogP contribution >= 0.6 is 11.8 Å². The molecule has 0 aromatic heterocycles. The second kappa shape index (κ2) is 6.19. The second-order valence-corrected chi connectivity index (χ2v) is 7.33. The molecule has 19 heavy (non-hydrogen) atoms. The minimum atomic E-state index is 0.653. The van der Waals surface area contributed by atoms with Crippen molar-refractivity contribution in [3.63, 3.8) is 0 Å². The van der Waals surface area contributed by atoms with Gasteiger partial charge in [-0.05, 0) is 44.0 Å². The Balaban J connectivity index is 1.66. The first-order valence-electron chi connectivity index (χ1n) is 7.49. The van der Waals surface area contributed by atoms with E-state index in [-0.39, 0.29) is 0 Å². The Morgan fingerprint density at radius 2 is 2.05 bits per heavy atom. The van der Waals surface area contributed by atoms with Gasteiger partial charge in [0.15, 0.2) is 0 Å². The molecule has 3 heteroatoms. The van der Waals surface area contributed by atoms with Crippen LogP contribution in [0.3, 0.4) is 0 Å². The summed E-state index contributed by atoms with van der Waals surface area (Å²) in [6.45, 7) is 5.98. The average molecular weight is 276 g/mol. The maximum atomic E-state index is 3.77. The van der Waals surface area contributed by atoms with Gasteiger partial charge in [-0.2, -0.15) is 11.8 Å². The minimum absolute atomic E-state index is 0.653. The van der Waals surface area contributed by atoms with Gasteiger partial charge in [0.2, 0.25) is 0 Å². The lowest BCUT2D eigenvalue weighted by Crippen LogP contribution is -2.23. The summed E-state index contributed by atoms with van der Waals surface area (Å²) in [4.78, 5) is 2.58. The third-order valence-corrected chi connectivity index (χ3v) is 5.52. The Morgan fingerprint density at radius 1 is 1.26 bits per heavy atom. The fraction of sp³-hybridized carbons (Fsp3) is 0.625. The number of nitrogens with one attached hydrogen (secondary N) is 1. The van der Waals surface area contributed by atoms with Gasteiger partial charge < -0.3 is 5.32 Å². The molecule has 2 atom stereocenters. The molecule has 104 valence electrons. The first kappa shape index (κ1) is 13.3. The maximum Gasteiger partial charge on any atom is 0.0388 e. The zero-order chi connectivity index (χ0) is 13.1. The molecular formula is C16H24N2S. The number of para-hydroxylation sites is 1. The number of anilines is 1. The molecule has 2 nitrogen and oxygen atoms in total. The maximum absolute atomic E-state index is 3.77. The zero-order valence-corrected chi connectivity index (χ0v) is 12.6. The van der Waals surface area contributed by atoms with Crippen LogP contribution < -0.4 is 5.32 Å². The van der Waals surface area contributed by atoms with Crippen LogP contribution in [-0.2, 0) is 6.54 Å². The van der Waals surface area contributed by atoms with E-state index in [9.17, 15) is 0 Å². The standard InChI is InChI=1S/C16H24N2S/c1-13-10-15(12-19-13)17-16-7-3-2-6-14(16)11-18-8-4-5-9-18/h2-3,6-7,13,15,17H,4-5,8-12H2,1H3. The SMILES string of the molecule is CC1CC(Nc2ccccc2CN2CCCC2)CS1. The summed E-state index contributed by atoms with van der Waals surface area (Å²) in [5.74, 6) is 1.25. The van der Waals surface area contributed by atoms with Crippen LogP contribution in [0.2, 0.25) is 0 Å². The van der Waals surface area contributed by atoms with Gasteiger partial charge in [-0.15, -0.1) is 0 Å². The fourth-order valence-corrected chi connectivity index (χ4v) is 4.27. The van der Waals surface area contributed by atoms with E-state index >= 15 is 0 Å². The van der Waals surface area contributed by atoms with Crippen molar-refractivity contribution >= 4 is 17.4 Å². The van der Waals surface area contributed by atoms with Crippen molar-refractivity contribution in [3.8, 4) is 0 Å². The van der Waals surface area contributed by atoms with Crippen LogP contribution in [-0.4, -0.2) is 35.0 Å². The molecule has 0 aliphatic carbocycles. The molecule has 0 saturated carbocycles. The first-order valence-corrected chi connectivity index (χ1v) is 8.54. The van der Waals surface area contributed by atoms with E-state index < -0.39 is 0 Å². The smallest absolute Gasteiger partial charge is 0.0388 e. The molecule has 1 aromatic carbocycles. The van der Waals surface area contributed by atoms with Crippen molar-refractivity contribution < 1.29 is 0 Å². The van der Waals surface area contributed by atoms with Crippen LogP contribution in [0.5, 0.6) is 0 Å². The van der Waals surface area contributed by atoms with Crippen LogP contribution in [0.4, 0.5) is 5.69 Å². The number of rotatable bonds is 4. The van der Waals surface area contributed by atoms with E-state index in [4.69, 9.17) is 0 Å². The lowest BCUT2D eigenvalue weighted by Gasteiger charge is -2.20. The van der Waals surface area contributed by atoms with Gasteiger partial charge in [-0.1, -0.05) is 25.1 Å². The molecule has 2 fully saturated rings. The molecule has 0 radical (unpaired) electrons. The molecule has 3 rings (SSSR count). The van der Waals surface area contributed by atoms with Gasteiger partial charge in [0, 0.05) is 29.3 Å². The molecule has 1 N–H and O–H groups in total. The number of hydrogen-bond acceptors (Lipinski definition) is 3. The number of likely N-dealkylation sites (tertiary alicyclic amines) is 1. The van der Waals surface area contributed by atoms with Gasteiger partial charge in [0.1, 0.15) is 0 Å². The van der Waals surface area contributed by atoms with Crippen LogP contribution in [0.15, 0.2) is 24.3 Å². The van der Waals surface area contributed by atoms with E-state index in [1.807, 2.05) is 0 Å². The Hall–Kier alpha value is -0.670. The number of nitrogens with zero attached hydrogens (tertiary/aromatic N) is 1. The summed E-state index contributed by atoms with van der Waals surface area (Å²) in [6, 6.07) is 9.51. The number of benzene rings is 1. The van der Waals surface area contributed by atoms with Gasteiger partial charge in [0.05, 0.1) is 0 Å². The van der Waals surface area contributed by atoms with Crippen LogP contribution in [0.1, 0.15) is 31.7 Å². The number of hydrogen-bond donors (Lipinski definition) is 1. The molecule has 1 aromatic rings. The molecule has 2 saturated heterocycles. The highest BCUT2D eigenvalue weighted by Gasteiger charge is 2.22. The topological polar surface area (TPSA) is 15.3 Å². The molecular weight excluding hydrogens is 252 g/mol. The quantitative estimate of drug-likeness (QED) is 0.905. The zero-order valence-electron chi connectivity index (χ0n) is 11.8. The van der Waals surface area contributed by atoms with Crippen molar-refractivity contribution in [1.29, 1.82) is 0 Å². The van der Waals surface area contributed by atoms with Crippen molar-refractivity contribution in [2.75, 3.05) is 24.2 Å². The first-order chi connectivity index (χ1) is 9.31. The van der Waals surface area contributed by atoms with Crippen molar-refractivity contribution in [1.82, 2.24) is 4.90 Å². The summed E-state index contributed by atoms with van der Waals surface area (Å²) >= 11 is 2.09. The Labute approximate surface area is 121 Å². The van der Waals surface area contributed by atoms with Gasteiger partial charge in [0.25, 0.3) is 0 Å². The molecule has 0 spiro atoms. The predicted octanol–water partition coefficient (Wildman–Crippen LogP) is 3.59. The summed E-state index contributed by atoms with van der Waals surface area (Å²) in [6.07, 6.45) is 4.03. The molecule has 2 unspecified atom stereocenters. The predicted molar refractivity (Wildman–Crippen MR) is 84.9 cm³/mol. The van der Waals surface area contributed by atoms with E-state index in [0.717, 1.165) is 11.8 Å². The van der Waals surface area contributed by atoms with Gasteiger partial charge >= 0.3 is 0 Å². The fourth-order valence-electron chi connectivity index (χ4n) is 3.12. The summed E-state index contributed by atoms with van der Waals surface area (Å²) in [5, 5.41) is 4.57. The Bertz CT molecular complexity index is 415. The van der Waals surface area contributed by atoms with E-state index in [1.165, 1.54) is 49.4 Å². The highest BCUT2D eigenvalue weighted by atomic mass is 32.2. The number of thioether (sulfide) groups is 1. The lowest BCUT2D eigenvalue weighted by molar-refractivity contribution is 0.332. The van der Waals surface area contributed by atoms with Crippen molar-refractivity contribution in [3.05, 3.63) is 29.8 Å². The molecule has 0 amide bonds. The van der Waals surface area contributed by atoms with Crippen molar-refractivity contribution in [2.24, 2.45) is 0 Å². The van der Waals surface area contributed by atoms with Crippen molar-refractivity contribution in [2.45, 2.75) is 44.0 Å². The second-order valence-electron chi connectivity index (χ2n) is 5.86. The normalized spacial score (nSPS) is 27.8. The third-order valence-electron chi connectivity index (χ3n) is 4.17. The Morgan fingerprint density at radius 3 is 2.79 bits per heavy atom. The third kappa shape index (κ3) is 3.46. The van der Waals surface area contributed by atoms with Crippen LogP contribution in [0, 0.1) is 0 Å². The van der Waals surface area contributed by atoms with Gasteiger partial charge in [-0.25, -0.2) is 0 Å². The van der Waals surface area contributed by atoms with E-state index in [2.05, 4.69) is 53.2 Å². The summed E-state index contributed by atoms with van der Waals surface area (Å²) in [7, 11) is 0. The highest BCUT2D eigenvalue weighted by molar-refractivity contribution is 8.00. The molecule has 2 aliphatic heterocycles. The molecule has 2 aliphatic rings. The van der Waals surface area contributed by atoms with Crippen LogP contribution in [0.25, 0.3) is 0 Å². The molecule has 2 heterocycles. The summed E-state index contributed by atoms with van der Waals surface area (Å²) < 4.78 is 0.